The van der Waals surface area contributed by atoms with Gasteiger partial charge in [-0.2, -0.15) is 4.31 Å². The average Bonchev–Trinajstić information content (AvgIpc) is 3.11. The van der Waals surface area contributed by atoms with Crippen LogP contribution in [0.1, 0.15) is 34.7 Å². The highest BCUT2D eigenvalue weighted by Crippen LogP contribution is 2.30. The van der Waals surface area contributed by atoms with Gasteiger partial charge in [0.15, 0.2) is 11.5 Å². The highest BCUT2D eigenvalue weighted by Gasteiger charge is 2.36. The van der Waals surface area contributed by atoms with Crippen molar-refractivity contribution in [3.8, 4) is 5.75 Å². The molecule has 158 valence electrons. The largest absolute Gasteiger partial charge is 0.497 e. The van der Waals surface area contributed by atoms with E-state index in [0.29, 0.717) is 30.6 Å². The molecule has 2 aromatic carbocycles. The number of methoxy groups -OCH3 is 1. The molecule has 0 unspecified atom stereocenters. The van der Waals surface area contributed by atoms with Gasteiger partial charge in [-0.1, -0.05) is 23.4 Å². The van der Waals surface area contributed by atoms with Gasteiger partial charge in [-0.25, -0.2) is 8.42 Å². The van der Waals surface area contributed by atoms with Gasteiger partial charge >= 0.3 is 0 Å². The van der Waals surface area contributed by atoms with Crippen molar-refractivity contribution >= 4 is 26.6 Å². The SMILES string of the molecule is COc1ccc2cc(C(=O)[C@@H]3CCCN(S(=O)(=O)c4c(C)noc4C)C3)ccc2c1. The van der Waals surface area contributed by atoms with Crippen molar-refractivity contribution in [2.24, 2.45) is 5.92 Å². The second kappa shape index (κ2) is 7.85. The summed E-state index contributed by atoms with van der Waals surface area (Å²) in [5.41, 5.74) is 0.931. The molecule has 3 aromatic rings. The van der Waals surface area contributed by atoms with E-state index in [1.165, 1.54) is 4.31 Å². The molecule has 30 heavy (non-hydrogen) atoms. The Morgan fingerprint density at radius 3 is 2.60 bits per heavy atom. The minimum Gasteiger partial charge on any atom is -0.497 e. The third kappa shape index (κ3) is 3.61. The molecule has 1 fully saturated rings. The summed E-state index contributed by atoms with van der Waals surface area (Å²) < 4.78 is 37.9. The molecule has 1 aliphatic heterocycles. The van der Waals surface area contributed by atoms with Crippen molar-refractivity contribution in [1.82, 2.24) is 9.46 Å². The first-order chi connectivity index (χ1) is 14.3. The number of hydrogen-bond donors (Lipinski definition) is 0. The van der Waals surface area contributed by atoms with Crippen LogP contribution in [0.3, 0.4) is 0 Å². The van der Waals surface area contributed by atoms with E-state index in [1.54, 1.807) is 27.0 Å². The number of aryl methyl sites for hydroxylation is 2. The zero-order valence-electron chi connectivity index (χ0n) is 17.2. The Balaban J connectivity index is 1.59. The summed E-state index contributed by atoms with van der Waals surface area (Å²) in [7, 11) is -2.14. The lowest BCUT2D eigenvalue weighted by atomic mass is 9.90. The molecular formula is C22H24N2O5S. The van der Waals surface area contributed by atoms with E-state index >= 15 is 0 Å². The van der Waals surface area contributed by atoms with Crippen molar-refractivity contribution in [2.45, 2.75) is 31.6 Å². The monoisotopic (exact) mass is 428 g/mol. The highest BCUT2D eigenvalue weighted by atomic mass is 32.2. The molecule has 7 nitrogen and oxygen atoms in total. The van der Waals surface area contributed by atoms with Gasteiger partial charge in [0.2, 0.25) is 10.0 Å². The summed E-state index contributed by atoms with van der Waals surface area (Å²) in [5.74, 6) is 0.607. The van der Waals surface area contributed by atoms with E-state index in [4.69, 9.17) is 9.26 Å². The predicted octanol–water partition coefficient (Wildman–Crippen LogP) is 3.74. The summed E-state index contributed by atoms with van der Waals surface area (Å²) in [6.45, 7) is 3.74. The van der Waals surface area contributed by atoms with Crippen molar-refractivity contribution in [2.75, 3.05) is 20.2 Å². The van der Waals surface area contributed by atoms with Gasteiger partial charge in [0.25, 0.3) is 0 Å². The number of rotatable bonds is 5. The van der Waals surface area contributed by atoms with E-state index in [0.717, 1.165) is 16.5 Å². The zero-order chi connectivity index (χ0) is 21.5. The number of Topliss-reactive ketones (excluding diaryl/α,β-unsaturated/α-hetero) is 1. The molecule has 0 N–H and O–H groups in total. The second-order valence-corrected chi connectivity index (χ2v) is 9.52. The molecule has 8 heteroatoms. The average molecular weight is 429 g/mol. The molecule has 1 aromatic heterocycles. The van der Waals surface area contributed by atoms with Crippen molar-refractivity contribution < 1.29 is 22.5 Å². The van der Waals surface area contributed by atoms with Crippen LogP contribution < -0.4 is 4.74 Å². The topological polar surface area (TPSA) is 89.7 Å². The van der Waals surface area contributed by atoms with Crippen LogP contribution in [0.5, 0.6) is 5.75 Å². The van der Waals surface area contributed by atoms with Gasteiger partial charge in [-0.3, -0.25) is 4.79 Å². The number of carbonyl (C=O) groups is 1. The molecule has 1 aliphatic rings. The number of ether oxygens (including phenoxy) is 1. The number of aromatic nitrogens is 1. The zero-order valence-corrected chi connectivity index (χ0v) is 18.0. The van der Waals surface area contributed by atoms with Gasteiger partial charge in [0, 0.05) is 24.6 Å². The van der Waals surface area contributed by atoms with Gasteiger partial charge in [-0.05, 0) is 55.7 Å². The molecule has 0 bridgehead atoms. The second-order valence-electron chi connectivity index (χ2n) is 7.65. The first kappa shape index (κ1) is 20.6. The van der Waals surface area contributed by atoms with Crippen LogP contribution >= 0.6 is 0 Å². The molecule has 1 atom stereocenters. The number of fused-ring (bicyclic) bond motifs is 1. The number of carbonyl (C=O) groups excluding carboxylic acids is 1. The third-order valence-electron chi connectivity index (χ3n) is 5.65. The van der Waals surface area contributed by atoms with Gasteiger partial charge in [0.1, 0.15) is 16.3 Å². The fourth-order valence-corrected chi connectivity index (χ4v) is 5.90. The Hall–Kier alpha value is -2.71. The Labute approximate surface area is 175 Å². The van der Waals surface area contributed by atoms with Crippen LogP contribution in [0, 0.1) is 19.8 Å². The number of nitrogens with zero attached hydrogens (tertiary/aromatic N) is 2. The maximum atomic E-state index is 13.2. The molecule has 0 radical (unpaired) electrons. The van der Waals surface area contributed by atoms with Crippen LogP contribution in [0.25, 0.3) is 10.8 Å². The fourth-order valence-electron chi connectivity index (χ4n) is 4.09. The Morgan fingerprint density at radius 2 is 1.90 bits per heavy atom. The summed E-state index contributed by atoms with van der Waals surface area (Å²) >= 11 is 0. The normalized spacial score (nSPS) is 17.9. The van der Waals surface area contributed by atoms with Crippen LogP contribution in [0.15, 0.2) is 45.8 Å². The lowest BCUT2D eigenvalue weighted by molar-refractivity contribution is 0.0872. The molecule has 4 rings (SSSR count). The summed E-state index contributed by atoms with van der Waals surface area (Å²) in [6.07, 6.45) is 1.29. The van der Waals surface area contributed by atoms with Crippen LogP contribution in [-0.4, -0.2) is 43.9 Å². The molecule has 0 amide bonds. The summed E-state index contributed by atoms with van der Waals surface area (Å²) in [5, 5.41) is 5.69. The van der Waals surface area contributed by atoms with E-state index < -0.39 is 10.0 Å². The number of benzene rings is 2. The maximum Gasteiger partial charge on any atom is 0.248 e. The quantitative estimate of drug-likeness (QED) is 0.575. The summed E-state index contributed by atoms with van der Waals surface area (Å²) in [4.78, 5) is 13.3. The molecule has 2 heterocycles. The van der Waals surface area contributed by atoms with Crippen molar-refractivity contribution in [1.29, 1.82) is 0 Å². The number of sulfonamides is 1. The fraction of sp³-hybridized carbons (Fsp3) is 0.364. The molecule has 1 saturated heterocycles. The molecular weight excluding hydrogens is 404 g/mol. The summed E-state index contributed by atoms with van der Waals surface area (Å²) in [6, 6.07) is 11.2. The smallest absolute Gasteiger partial charge is 0.248 e. The Bertz CT molecular complexity index is 1200. The lowest BCUT2D eigenvalue weighted by Gasteiger charge is -2.31. The highest BCUT2D eigenvalue weighted by molar-refractivity contribution is 7.89. The predicted molar refractivity (Wildman–Crippen MR) is 112 cm³/mol. The van der Waals surface area contributed by atoms with E-state index in [1.807, 2.05) is 30.3 Å². The first-order valence-corrected chi connectivity index (χ1v) is 11.3. The molecule has 0 saturated carbocycles. The van der Waals surface area contributed by atoms with Crippen LogP contribution in [0.4, 0.5) is 0 Å². The van der Waals surface area contributed by atoms with Crippen molar-refractivity contribution in [3.63, 3.8) is 0 Å². The minimum absolute atomic E-state index is 0.0358. The van der Waals surface area contributed by atoms with Crippen LogP contribution in [0.2, 0.25) is 0 Å². The van der Waals surface area contributed by atoms with E-state index in [2.05, 4.69) is 5.16 Å². The molecule has 0 spiro atoms. The van der Waals surface area contributed by atoms with Gasteiger partial charge in [0.05, 0.1) is 7.11 Å². The standard InChI is InChI=1S/C22H24N2O5S/c1-14-22(15(2)29-23-14)30(26,27)24-10-4-5-19(13-24)21(25)18-7-6-17-12-20(28-3)9-8-16(17)11-18/h6-9,11-12,19H,4-5,10,13H2,1-3H3/t19-/m1/s1. The Kier molecular flexibility index (Phi) is 5.38. The van der Waals surface area contributed by atoms with Gasteiger partial charge < -0.3 is 9.26 Å². The minimum atomic E-state index is -3.76. The van der Waals surface area contributed by atoms with E-state index in [-0.39, 0.29) is 28.9 Å². The van der Waals surface area contributed by atoms with Crippen molar-refractivity contribution in [3.05, 3.63) is 53.4 Å². The van der Waals surface area contributed by atoms with Gasteiger partial charge in [-0.15, -0.1) is 0 Å². The van der Waals surface area contributed by atoms with E-state index in [9.17, 15) is 13.2 Å². The Morgan fingerprint density at radius 1 is 1.17 bits per heavy atom. The number of hydrogen-bond acceptors (Lipinski definition) is 6. The number of ketones is 1. The first-order valence-electron chi connectivity index (χ1n) is 9.86. The number of piperidine rings is 1. The molecule has 0 aliphatic carbocycles. The maximum absolute atomic E-state index is 13.2. The van der Waals surface area contributed by atoms with Crippen LogP contribution in [-0.2, 0) is 10.0 Å². The lowest BCUT2D eigenvalue weighted by Crippen LogP contribution is -2.42. The third-order valence-corrected chi connectivity index (χ3v) is 7.76.